The number of alkyl halides is 2. The topological polar surface area (TPSA) is 38.3 Å². The van der Waals surface area contributed by atoms with Gasteiger partial charge in [0, 0.05) is 6.54 Å². The van der Waals surface area contributed by atoms with E-state index in [9.17, 15) is 4.79 Å². The Morgan fingerprint density at radius 3 is 2.72 bits per heavy atom. The lowest BCUT2D eigenvalue weighted by Crippen LogP contribution is -2.30. The van der Waals surface area contributed by atoms with Gasteiger partial charge in [0.25, 0.3) is 5.91 Å². The first-order valence-corrected chi connectivity index (χ1v) is 6.68. The highest BCUT2D eigenvalue weighted by molar-refractivity contribution is 6.53. The summed E-state index contributed by atoms with van der Waals surface area (Å²) in [5.41, 5.74) is 1.09. The van der Waals surface area contributed by atoms with Crippen LogP contribution in [0, 0.1) is 0 Å². The molecule has 0 atom stereocenters. The minimum Gasteiger partial charge on any atom is -0.491 e. The molecule has 0 bridgehead atoms. The quantitative estimate of drug-likeness (QED) is 0.818. The Balaban J connectivity index is 2.45. The molecule has 100 valence electrons. The number of halogens is 2. The van der Waals surface area contributed by atoms with E-state index in [1.54, 1.807) is 0 Å². The molecule has 1 N–H and O–H groups in total. The minimum atomic E-state index is -1.01. The van der Waals surface area contributed by atoms with E-state index in [0.717, 1.165) is 11.3 Å². The fourth-order valence-electron chi connectivity index (χ4n) is 1.45. The van der Waals surface area contributed by atoms with Crippen molar-refractivity contribution in [3.63, 3.8) is 0 Å². The molecule has 0 unspecified atom stereocenters. The molecular formula is C13H17Cl2NO2. The van der Waals surface area contributed by atoms with Crippen LogP contribution in [0.4, 0.5) is 0 Å². The normalized spacial score (nSPS) is 10.8. The zero-order chi connectivity index (χ0) is 13.5. The molecule has 0 saturated carbocycles. The Bertz CT molecular complexity index is 394. The number of hydrogen-bond acceptors (Lipinski definition) is 2. The standard InChI is InChI=1S/C13H17Cl2NO2/c1-9(2)18-11-5-3-4-10(8-11)6-7-16-13(17)12(14)15/h3-5,8-9,12H,6-7H2,1-2H3,(H,16,17). The van der Waals surface area contributed by atoms with Crippen LogP contribution >= 0.6 is 23.2 Å². The lowest BCUT2D eigenvalue weighted by molar-refractivity contribution is -0.119. The Hall–Kier alpha value is -0.930. The molecule has 0 radical (unpaired) electrons. The molecule has 0 aromatic heterocycles. The van der Waals surface area contributed by atoms with Gasteiger partial charge in [-0.15, -0.1) is 0 Å². The highest BCUT2D eigenvalue weighted by atomic mass is 35.5. The van der Waals surface area contributed by atoms with E-state index in [1.807, 2.05) is 38.1 Å². The second-order valence-corrected chi connectivity index (χ2v) is 5.25. The van der Waals surface area contributed by atoms with Gasteiger partial charge in [-0.25, -0.2) is 0 Å². The molecule has 0 fully saturated rings. The highest BCUT2D eigenvalue weighted by Crippen LogP contribution is 2.15. The third-order valence-electron chi connectivity index (χ3n) is 2.18. The zero-order valence-electron chi connectivity index (χ0n) is 10.5. The first-order chi connectivity index (χ1) is 8.49. The molecule has 0 saturated heterocycles. The van der Waals surface area contributed by atoms with Gasteiger partial charge in [-0.05, 0) is 38.0 Å². The molecule has 1 rings (SSSR count). The number of benzene rings is 1. The fourth-order valence-corrected chi connectivity index (χ4v) is 1.61. The predicted molar refractivity (Wildman–Crippen MR) is 74.4 cm³/mol. The van der Waals surface area contributed by atoms with Crippen LogP contribution in [0.3, 0.4) is 0 Å². The minimum absolute atomic E-state index is 0.146. The Labute approximate surface area is 117 Å². The molecule has 3 nitrogen and oxygen atoms in total. The van der Waals surface area contributed by atoms with E-state index in [1.165, 1.54) is 0 Å². The smallest absolute Gasteiger partial charge is 0.253 e. The Kier molecular flexibility index (Phi) is 6.30. The highest BCUT2D eigenvalue weighted by Gasteiger charge is 2.09. The van der Waals surface area contributed by atoms with E-state index in [-0.39, 0.29) is 12.0 Å². The van der Waals surface area contributed by atoms with Crippen molar-refractivity contribution in [2.45, 2.75) is 31.2 Å². The van der Waals surface area contributed by atoms with Crippen molar-refractivity contribution in [1.29, 1.82) is 0 Å². The van der Waals surface area contributed by atoms with Crippen LogP contribution in [0.15, 0.2) is 24.3 Å². The lowest BCUT2D eigenvalue weighted by Gasteiger charge is -2.11. The van der Waals surface area contributed by atoms with Crippen LogP contribution in [0.5, 0.6) is 5.75 Å². The van der Waals surface area contributed by atoms with Gasteiger partial charge in [-0.3, -0.25) is 4.79 Å². The number of rotatable bonds is 6. The molecule has 0 aliphatic heterocycles. The van der Waals surface area contributed by atoms with Crippen LogP contribution < -0.4 is 10.1 Å². The van der Waals surface area contributed by atoms with Gasteiger partial charge in [0.1, 0.15) is 5.75 Å². The molecule has 0 aliphatic carbocycles. The van der Waals surface area contributed by atoms with Gasteiger partial charge in [-0.1, -0.05) is 35.3 Å². The molecule has 0 heterocycles. The SMILES string of the molecule is CC(C)Oc1cccc(CCNC(=O)C(Cl)Cl)c1. The van der Waals surface area contributed by atoms with Gasteiger partial charge in [-0.2, -0.15) is 0 Å². The van der Waals surface area contributed by atoms with Gasteiger partial charge < -0.3 is 10.1 Å². The Morgan fingerprint density at radius 1 is 1.39 bits per heavy atom. The van der Waals surface area contributed by atoms with Crippen molar-refractivity contribution in [3.05, 3.63) is 29.8 Å². The second kappa shape index (κ2) is 7.49. The number of hydrogen-bond donors (Lipinski definition) is 1. The van der Waals surface area contributed by atoms with Crippen LogP contribution in [0.2, 0.25) is 0 Å². The summed E-state index contributed by atoms with van der Waals surface area (Å²) in [5, 5.41) is 2.65. The molecule has 0 spiro atoms. The summed E-state index contributed by atoms with van der Waals surface area (Å²) >= 11 is 10.9. The van der Waals surface area contributed by atoms with Crippen molar-refractivity contribution in [3.8, 4) is 5.75 Å². The summed E-state index contributed by atoms with van der Waals surface area (Å²) in [7, 11) is 0. The average Bonchev–Trinajstić information content (AvgIpc) is 2.28. The summed E-state index contributed by atoms with van der Waals surface area (Å²) in [5.74, 6) is 0.467. The van der Waals surface area contributed by atoms with E-state index in [2.05, 4.69) is 5.32 Å². The maximum absolute atomic E-state index is 11.1. The van der Waals surface area contributed by atoms with Gasteiger partial charge in [0.05, 0.1) is 6.10 Å². The van der Waals surface area contributed by atoms with E-state index in [4.69, 9.17) is 27.9 Å². The monoisotopic (exact) mass is 289 g/mol. The van der Waals surface area contributed by atoms with Gasteiger partial charge >= 0.3 is 0 Å². The molecule has 1 aromatic carbocycles. The average molecular weight is 290 g/mol. The zero-order valence-corrected chi connectivity index (χ0v) is 12.0. The largest absolute Gasteiger partial charge is 0.491 e. The Morgan fingerprint density at radius 2 is 2.11 bits per heavy atom. The van der Waals surface area contributed by atoms with E-state index in [0.29, 0.717) is 13.0 Å². The van der Waals surface area contributed by atoms with Crippen molar-refractivity contribution in [2.24, 2.45) is 0 Å². The first-order valence-electron chi connectivity index (χ1n) is 5.80. The molecule has 5 heteroatoms. The second-order valence-electron chi connectivity index (χ2n) is 4.16. The number of ether oxygens (including phenoxy) is 1. The summed E-state index contributed by atoms with van der Waals surface area (Å²) in [6.07, 6.45) is 0.856. The van der Waals surface area contributed by atoms with Crippen LogP contribution in [0.25, 0.3) is 0 Å². The summed E-state index contributed by atoms with van der Waals surface area (Å²) in [6, 6.07) is 7.79. The van der Waals surface area contributed by atoms with Crippen LogP contribution in [0.1, 0.15) is 19.4 Å². The third kappa shape index (κ3) is 5.61. The molecule has 1 amide bonds. The predicted octanol–water partition coefficient (Wildman–Crippen LogP) is 2.94. The molecule has 18 heavy (non-hydrogen) atoms. The first kappa shape index (κ1) is 15.1. The lowest BCUT2D eigenvalue weighted by atomic mass is 10.1. The number of carbonyl (C=O) groups is 1. The van der Waals surface area contributed by atoms with Crippen molar-refractivity contribution < 1.29 is 9.53 Å². The maximum Gasteiger partial charge on any atom is 0.253 e. The maximum atomic E-state index is 11.1. The number of carbonyl (C=O) groups excluding carboxylic acids is 1. The van der Waals surface area contributed by atoms with Crippen molar-refractivity contribution in [1.82, 2.24) is 5.32 Å². The fraction of sp³-hybridized carbons (Fsp3) is 0.462. The number of nitrogens with one attached hydrogen (secondary N) is 1. The van der Waals surface area contributed by atoms with Gasteiger partial charge in [0.15, 0.2) is 4.84 Å². The molecule has 0 aliphatic rings. The van der Waals surface area contributed by atoms with Crippen molar-refractivity contribution in [2.75, 3.05) is 6.54 Å². The summed E-state index contributed by atoms with van der Waals surface area (Å²) in [6.45, 7) is 4.46. The van der Waals surface area contributed by atoms with Gasteiger partial charge in [0.2, 0.25) is 0 Å². The summed E-state index contributed by atoms with van der Waals surface area (Å²) in [4.78, 5) is 10.1. The van der Waals surface area contributed by atoms with E-state index < -0.39 is 4.84 Å². The molecular weight excluding hydrogens is 273 g/mol. The third-order valence-corrected chi connectivity index (χ3v) is 2.58. The number of amides is 1. The van der Waals surface area contributed by atoms with Crippen LogP contribution in [-0.4, -0.2) is 23.4 Å². The summed E-state index contributed by atoms with van der Waals surface area (Å²) < 4.78 is 5.59. The van der Waals surface area contributed by atoms with Crippen molar-refractivity contribution >= 4 is 29.1 Å². The van der Waals surface area contributed by atoms with Crippen LogP contribution in [-0.2, 0) is 11.2 Å². The molecule has 1 aromatic rings. The van der Waals surface area contributed by atoms with E-state index >= 15 is 0 Å².